The summed E-state index contributed by atoms with van der Waals surface area (Å²) in [5.74, 6) is -1.49. The Kier molecular flexibility index (Phi) is 5.42. The molecule has 0 aliphatic carbocycles. The zero-order chi connectivity index (χ0) is 13.1. The summed E-state index contributed by atoms with van der Waals surface area (Å²) in [6.45, 7) is 8.83. The van der Waals surface area contributed by atoms with Crippen LogP contribution in [0.4, 0.5) is 0 Å². The quantitative estimate of drug-likeness (QED) is 0.648. The first-order chi connectivity index (χ1) is 7.10. The molecule has 3 unspecified atom stereocenters. The molecule has 0 aliphatic heterocycles. The number of carboxylic acids is 1. The molecule has 4 nitrogen and oxygen atoms in total. The predicted octanol–water partition coefficient (Wildman–Crippen LogP) is 1.50. The normalized spacial score (nSPS) is 18.2. The van der Waals surface area contributed by atoms with E-state index in [4.69, 9.17) is 5.11 Å². The van der Waals surface area contributed by atoms with Crippen LogP contribution in [0.2, 0.25) is 0 Å². The van der Waals surface area contributed by atoms with Gasteiger partial charge in [0, 0.05) is 5.41 Å². The van der Waals surface area contributed by atoms with Crippen molar-refractivity contribution in [1.29, 1.82) is 0 Å². The van der Waals surface area contributed by atoms with Gasteiger partial charge in [-0.25, -0.2) is 0 Å². The fourth-order valence-electron chi connectivity index (χ4n) is 1.80. The average molecular weight is 232 g/mol. The Morgan fingerprint density at radius 3 is 1.94 bits per heavy atom. The van der Waals surface area contributed by atoms with Crippen LogP contribution in [0.15, 0.2) is 0 Å². The molecule has 0 aromatic rings. The van der Waals surface area contributed by atoms with E-state index in [2.05, 4.69) is 0 Å². The van der Waals surface area contributed by atoms with Gasteiger partial charge in [0.15, 0.2) is 0 Å². The Hall–Kier alpha value is -0.610. The van der Waals surface area contributed by atoms with Crippen LogP contribution in [0.3, 0.4) is 0 Å². The van der Waals surface area contributed by atoms with Gasteiger partial charge in [-0.15, -0.1) is 0 Å². The van der Waals surface area contributed by atoms with Crippen LogP contribution in [0.5, 0.6) is 0 Å². The van der Waals surface area contributed by atoms with Crippen molar-refractivity contribution in [2.24, 2.45) is 17.3 Å². The summed E-state index contributed by atoms with van der Waals surface area (Å²) in [4.78, 5) is 10.7. The van der Waals surface area contributed by atoms with Crippen LogP contribution in [-0.4, -0.2) is 33.5 Å². The zero-order valence-corrected chi connectivity index (χ0v) is 10.8. The molecule has 16 heavy (non-hydrogen) atoms. The summed E-state index contributed by atoms with van der Waals surface area (Å²) in [5, 5.41) is 28.7. The van der Waals surface area contributed by atoms with E-state index in [9.17, 15) is 15.0 Å². The molecule has 0 bridgehead atoms. The third-order valence-corrected chi connectivity index (χ3v) is 3.25. The first-order valence-electron chi connectivity index (χ1n) is 5.69. The van der Waals surface area contributed by atoms with Crippen molar-refractivity contribution in [2.45, 2.75) is 53.2 Å². The second-order valence-electron chi connectivity index (χ2n) is 5.50. The second kappa shape index (κ2) is 5.64. The maximum Gasteiger partial charge on any atom is 0.306 e. The minimum Gasteiger partial charge on any atom is -0.481 e. The molecule has 0 fully saturated rings. The highest BCUT2D eigenvalue weighted by molar-refractivity contribution is 5.69. The summed E-state index contributed by atoms with van der Waals surface area (Å²) in [5.41, 5.74) is -0.697. The van der Waals surface area contributed by atoms with Crippen LogP contribution >= 0.6 is 0 Å². The van der Waals surface area contributed by atoms with Crippen LogP contribution < -0.4 is 0 Å². The molecule has 4 heteroatoms. The highest BCUT2D eigenvalue weighted by Gasteiger charge is 2.38. The monoisotopic (exact) mass is 232 g/mol. The van der Waals surface area contributed by atoms with Gasteiger partial charge in [0.2, 0.25) is 0 Å². The zero-order valence-electron chi connectivity index (χ0n) is 10.8. The summed E-state index contributed by atoms with van der Waals surface area (Å²) in [7, 11) is 0. The third-order valence-electron chi connectivity index (χ3n) is 3.25. The van der Waals surface area contributed by atoms with Gasteiger partial charge in [-0.3, -0.25) is 4.79 Å². The molecule has 0 aliphatic rings. The van der Waals surface area contributed by atoms with Gasteiger partial charge in [-0.1, -0.05) is 34.6 Å². The number of carbonyl (C=O) groups is 1. The lowest BCUT2D eigenvalue weighted by Gasteiger charge is -2.38. The van der Waals surface area contributed by atoms with Crippen LogP contribution in [0.1, 0.15) is 41.0 Å². The van der Waals surface area contributed by atoms with Crippen LogP contribution in [0.25, 0.3) is 0 Å². The summed E-state index contributed by atoms with van der Waals surface area (Å²) < 4.78 is 0. The summed E-state index contributed by atoms with van der Waals surface area (Å²) in [6, 6.07) is 0. The number of aliphatic carboxylic acids is 1. The van der Waals surface area contributed by atoms with Crippen LogP contribution in [-0.2, 0) is 4.79 Å². The molecule has 0 rings (SSSR count). The second-order valence-corrected chi connectivity index (χ2v) is 5.50. The van der Waals surface area contributed by atoms with Gasteiger partial charge in [0.05, 0.1) is 18.1 Å². The van der Waals surface area contributed by atoms with E-state index in [1.54, 1.807) is 20.8 Å². The number of carboxylic acid groups (broad SMARTS) is 1. The first kappa shape index (κ1) is 15.4. The lowest BCUT2D eigenvalue weighted by Crippen LogP contribution is -2.44. The van der Waals surface area contributed by atoms with E-state index >= 15 is 0 Å². The number of hydrogen-bond acceptors (Lipinski definition) is 3. The molecule has 0 spiro atoms. The van der Waals surface area contributed by atoms with Crippen molar-refractivity contribution in [3.8, 4) is 0 Å². The summed E-state index contributed by atoms with van der Waals surface area (Å²) in [6.07, 6.45) is -1.31. The smallest absolute Gasteiger partial charge is 0.306 e. The van der Waals surface area contributed by atoms with E-state index in [0.717, 1.165) is 0 Å². The lowest BCUT2D eigenvalue weighted by molar-refractivity contribution is -0.144. The topological polar surface area (TPSA) is 77.8 Å². The fraction of sp³-hybridized carbons (Fsp3) is 0.917. The molecule has 0 aromatic heterocycles. The average Bonchev–Trinajstić information content (AvgIpc) is 2.15. The molecule has 0 amide bonds. The van der Waals surface area contributed by atoms with Crippen molar-refractivity contribution < 1.29 is 20.1 Å². The van der Waals surface area contributed by atoms with E-state index in [1.807, 2.05) is 13.8 Å². The SMILES string of the molecule is CC(CC(O)C(C)(C)C(O)C(C)C)C(=O)O. The van der Waals surface area contributed by atoms with Gasteiger partial charge in [-0.2, -0.15) is 0 Å². The Labute approximate surface area is 97.3 Å². The van der Waals surface area contributed by atoms with Crippen molar-refractivity contribution in [1.82, 2.24) is 0 Å². The Morgan fingerprint density at radius 1 is 1.19 bits per heavy atom. The van der Waals surface area contributed by atoms with Gasteiger partial charge >= 0.3 is 5.97 Å². The largest absolute Gasteiger partial charge is 0.481 e. The number of aliphatic hydroxyl groups is 2. The van der Waals surface area contributed by atoms with E-state index < -0.39 is 29.5 Å². The molecule has 0 heterocycles. The maximum absolute atomic E-state index is 10.7. The van der Waals surface area contributed by atoms with Crippen LogP contribution in [0, 0.1) is 17.3 Å². The lowest BCUT2D eigenvalue weighted by atomic mass is 9.74. The molecule has 0 aromatic carbocycles. The molecule has 0 saturated carbocycles. The van der Waals surface area contributed by atoms with Crippen molar-refractivity contribution in [3.63, 3.8) is 0 Å². The van der Waals surface area contributed by atoms with E-state index in [0.29, 0.717) is 0 Å². The highest BCUT2D eigenvalue weighted by atomic mass is 16.4. The molecule has 3 atom stereocenters. The van der Waals surface area contributed by atoms with E-state index in [-0.39, 0.29) is 12.3 Å². The van der Waals surface area contributed by atoms with Gasteiger partial charge in [0.1, 0.15) is 0 Å². The molecule has 3 N–H and O–H groups in total. The highest BCUT2D eigenvalue weighted by Crippen LogP contribution is 2.32. The minimum atomic E-state index is -0.922. The Morgan fingerprint density at radius 2 is 1.62 bits per heavy atom. The molecular weight excluding hydrogens is 208 g/mol. The minimum absolute atomic E-state index is 0.0322. The van der Waals surface area contributed by atoms with Crippen molar-refractivity contribution in [2.75, 3.05) is 0 Å². The van der Waals surface area contributed by atoms with Gasteiger partial charge in [0.25, 0.3) is 0 Å². The van der Waals surface area contributed by atoms with Gasteiger partial charge in [-0.05, 0) is 12.3 Å². The Bertz CT molecular complexity index is 235. The maximum atomic E-state index is 10.7. The Balaban J connectivity index is 4.57. The number of aliphatic hydroxyl groups excluding tert-OH is 2. The van der Waals surface area contributed by atoms with Gasteiger partial charge < -0.3 is 15.3 Å². The third kappa shape index (κ3) is 3.76. The van der Waals surface area contributed by atoms with Crippen molar-refractivity contribution >= 4 is 5.97 Å². The standard InChI is InChI=1S/C12H24O4/c1-7(2)10(14)12(4,5)9(13)6-8(3)11(15)16/h7-10,13-14H,6H2,1-5H3,(H,15,16). The van der Waals surface area contributed by atoms with E-state index in [1.165, 1.54) is 0 Å². The molecule has 0 saturated heterocycles. The molecular formula is C12H24O4. The number of rotatable bonds is 6. The number of hydrogen-bond donors (Lipinski definition) is 3. The predicted molar refractivity (Wildman–Crippen MR) is 62.0 cm³/mol. The van der Waals surface area contributed by atoms with Crippen molar-refractivity contribution in [3.05, 3.63) is 0 Å². The summed E-state index contributed by atoms with van der Waals surface area (Å²) >= 11 is 0. The molecule has 0 radical (unpaired) electrons. The first-order valence-corrected chi connectivity index (χ1v) is 5.69. The molecule has 96 valence electrons. The fourth-order valence-corrected chi connectivity index (χ4v) is 1.80.